The first-order chi connectivity index (χ1) is 9.60. The molecule has 1 amide bonds. The molecule has 1 aliphatic carbocycles. The van der Waals surface area contributed by atoms with Crippen molar-refractivity contribution >= 4 is 23.3 Å². The van der Waals surface area contributed by atoms with Crippen molar-refractivity contribution < 1.29 is 4.79 Å². The van der Waals surface area contributed by atoms with Crippen LogP contribution in [-0.4, -0.2) is 24.5 Å². The monoisotopic (exact) mass is 295 g/mol. The number of hydrogen-bond acceptors (Lipinski definition) is 3. The molecule has 1 fully saturated rings. The third-order valence-corrected chi connectivity index (χ3v) is 4.22. The summed E-state index contributed by atoms with van der Waals surface area (Å²) >= 11 is 6.04. The average molecular weight is 296 g/mol. The van der Waals surface area contributed by atoms with Crippen molar-refractivity contribution in [1.82, 2.24) is 10.3 Å². The van der Waals surface area contributed by atoms with E-state index in [1.54, 1.807) is 19.2 Å². The molecular formula is C15H22ClN3O. The topological polar surface area (TPSA) is 54.0 Å². The van der Waals surface area contributed by atoms with E-state index < -0.39 is 0 Å². The maximum atomic E-state index is 12.2. The lowest BCUT2D eigenvalue weighted by Crippen LogP contribution is -2.32. The Bertz CT molecular complexity index is 478. The third-order valence-electron chi connectivity index (χ3n) is 3.91. The molecular weight excluding hydrogens is 274 g/mol. The van der Waals surface area contributed by atoms with Crippen molar-refractivity contribution in [3.63, 3.8) is 0 Å². The van der Waals surface area contributed by atoms with Gasteiger partial charge in [-0.2, -0.15) is 0 Å². The molecule has 0 aliphatic heterocycles. The van der Waals surface area contributed by atoms with Gasteiger partial charge in [-0.05, 0) is 36.8 Å². The Morgan fingerprint density at radius 2 is 2.25 bits per heavy atom. The minimum atomic E-state index is -0.190. The normalized spacial score (nSPS) is 22.4. The molecule has 1 saturated carbocycles. The fourth-order valence-electron chi connectivity index (χ4n) is 2.81. The first-order valence-corrected chi connectivity index (χ1v) is 7.60. The van der Waals surface area contributed by atoms with Gasteiger partial charge in [0.2, 0.25) is 0 Å². The van der Waals surface area contributed by atoms with Crippen LogP contribution in [0.4, 0.5) is 5.82 Å². The second-order valence-electron chi connectivity index (χ2n) is 5.62. The summed E-state index contributed by atoms with van der Waals surface area (Å²) in [5, 5.41) is 6.27. The number of nitrogens with one attached hydrogen (secondary N) is 2. The van der Waals surface area contributed by atoms with E-state index in [1.807, 2.05) is 0 Å². The quantitative estimate of drug-likeness (QED) is 0.896. The number of hydrogen-bond donors (Lipinski definition) is 2. The smallest absolute Gasteiger partial charge is 0.271 e. The average Bonchev–Trinajstić information content (AvgIpc) is 2.45. The largest absolute Gasteiger partial charge is 0.373 e. The van der Waals surface area contributed by atoms with Crippen LogP contribution >= 0.6 is 11.6 Å². The minimum Gasteiger partial charge on any atom is -0.373 e. The van der Waals surface area contributed by atoms with E-state index in [0.717, 1.165) is 5.92 Å². The highest BCUT2D eigenvalue weighted by atomic mass is 35.5. The Balaban J connectivity index is 1.94. The molecule has 2 atom stereocenters. The number of pyridine rings is 1. The Labute approximate surface area is 125 Å². The van der Waals surface area contributed by atoms with E-state index in [0.29, 0.717) is 29.0 Å². The Morgan fingerprint density at radius 1 is 1.45 bits per heavy atom. The number of nitrogens with zero attached hydrogens (tertiary/aromatic N) is 1. The van der Waals surface area contributed by atoms with E-state index >= 15 is 0 Å². The van der Waals surface area contributed by atoms with Crippen LogP contribution in [-0.2, 0) is 0 Å². The summed E-state index contributed by atoms with van der Waals surface area (Å²) in [5.41, 5.74) is 0.294. The van der Waals surface area contributed by atoms with Crippen LogP contribution in [0.1, 0.15) is 43.1 Å². The molecule has 0 aromatic carbocycles. The van der Waals surface area contributed by atoms with Crippen molar-refractivity contribution in [3.05, 3.63) is 22.8 Å². The van der Waals surface area contributed by atoms with Gasteiger partial charge in [0.1, 0.15) is 11.5 Å². The molecule has 0 spiro atoms. The molecule has 1 aromatic rings. The number of carbonyl (C=O) groups is 1. The van der Waals surface area contributed by atoms with Gasteiger partial charge in [-0.25, -0.2) is 4.98 Å². The van der Waals surface area contributed by atoms with Gasteiger partial charge in [-0.15, -0.1) is 0 Å². The van der Waals surface area contributed by atoms with Crippen molar-refractivity contribution in [2.75, 3.05) is 18.9 Å². The molecule has 110 valence electrons. The Hall–Kier alpha value is -1.29. The second kappa shape index (κ2) is 6.93. The fraction of sp³-hybridized carbons (Fsp3) is 0.600. The highest BCUT2D eigenvalue weighted by Gasteiger charge is 2.20. The van der Waals surface area contributed by atoms with Crippen molar-refractivity contribution in [2.24, 2.45) is 11.8 Å². The molecule has 1 aliphatic rings. The molecule has 2 N–H and O–H groups in total. The van der Waals surface area contributed by atoms with Crippen LogP contribution in [0, 0.1) is 11.8 Å². The summed E-state index contributed by atoms with van der Waals surface area (Å²) in [4.78, 5) is 16.4. The summed E-state index contributed by atoms with van der Waals surface area (Å²) < 4.78 is 0. The highest BCUT2D eigenvalue weighted by Crippen LogP contribution is 2.28. The van der Waals surface area contributed by atoms with Crippen molar-refractivity contribution in [1.29, 1.82) is 0 Å². The lowest BCUT2D eigenvalue weighted by atomic mass is 9.82. The van der Waals surface area contributed by atoms with E-state index in [9.17, 15) is 4.79 Å². The van der Waals surface area contributed by atoms with Gasteiger partial charge in [-0.1, -0.05) is 31.4 Å². The predicted octanol–water partition coefficient (Wildman–Crippen LogP) is 3.33. The minimum absolute atomic E-state index is 0.190. The molecule has 0 saturated heterocycles. The zero-order valence-electron chi connectivity index (χ0n) is 12.1. The van der Waals surface area contributed by atoms with Gasteiger partial charge in [-0.3, -0.25) is 4.79 Å². The lowest BCUT2D eigenvalue weighted by Gasteiger charge is -2.26. The first kappa shape index (κ1) is 15.1. The first-order valence-electron chi connectivity index (χ1n) is 7.22. The molecule has 5 heteroatoms. The lowest BCUT2D eigenvalue weighted by molar-refractivity contribution is 0.0936. The van der Waals surface area contributed by atoms with E-state index in [4.69, 9.17) is 11.6 Å². The molecule has 1 aromatic heterocycles. The Morgan fingerprint density at radius 3 is 2.95 bits per heavy atom. The van der Waals surface area contributed by atoms with Gasteiger partial charge in [0.25, 0.3) is 5.91 Å². The third kappa shape index (κ3) is 3.85. The van der Waals surface area contributed by atoms with Crippen LogP contribution in [0.15, 0.2) is 12.1 Å². The molecule has 4 nitrogen and oxygen atoms in total. The number of anilines is 1. The molecule has 0 bridgehead atoms. The molecule has 2 unspecified atom stereocenters. The highest BCUT2D eigenvalue weighted by molar-refractivity contribution is 6.33. The van der Waals surface area contributed by atoms with Crippen molar-refractivity contribution in [3.8, 4) is 0 Å². The van der Waals surface area contributed by atoms with Gasteiger partial charge in [0.15, 0.2) is 0 Å². The maximum Gasteiger partial charge on any atom is 0.271 e. The van der Waals surface area contributed by atoms with E-state index in [1.165, 1.54) is 25.7 Å². The van der Waals surface area contributed by atoms with Crippen LogP contribution < -0.4 is 10.6 Å². The summed E-state index contributed by atoms with van der Waals surface area (Å²) in [6, 6.07) is 3.44. The van der Waals surface area contributed by atoms with Crippen molar-refractivity contribution in [2.45, 2.75) is 32.6 Å². The summed E-state index contributed by atoms with van der Waals surface area (Å²) in [6.45, 7) is 2.99. The fourth-order valence-corrected chi connectivity index (χ4v) is 3.00. The molecule has 0 radical (unpaired) electrons. The Kier molecular flexibility index (Phi) is 5.24. The molecule has 1 heterocycles. The summed E-state index contributed by atoms with van der Waals surface area (Å²) in [5.74, 6) is 1.80. The number of amides is 1. The number of carbonyl (C=O) groups excluding carboxylic acids is 1. The summed E-state index contributed by atoms with van der Waals surface area (Å²) in [7, 11) is 1.77. The van der Waals surface area contributed by atoms with Gasteiger partial charge < -0.3 is 10.6 Å². The van der Waals surface area contributed by atoms with Gasteiger partial charge >= 0.3 is 0 Å². The standard InChI is InChI=1S/C15H22ClN3O/c1-10-4-3-5-11(8-10)9-18-15(20)14-12(16)6-7-13(17-2)19-14/h6-7,10-11H,3-5,8-9H2,1-2H3,(H,17,19)(H,18,20). The number of halogens is 1. The predicted molar refractivity (Wildman–Crippen MR) is 82.2 cm³/mol. The van der Waals surface area contributed by atoms with E-state index in [-0.39, 0.29) is 5.91 Å². The van der Waals surface area contributed by atoms with Crippen LogP contribution in [0.5, 0.6) is 0 Å². The molecule has 2 rings (SSSR count). The van der Waals surface area contributed by atoms with E-state index in [2.05, 4.69) is 22.5 Å². The zero-order chi connectivity index (χ0) is 14.5. The maximum absolute atomic E-state index is 12.2. The van der Waals surface area contributed by atoms with Gasteiger partial charge in [0.05, 0.1) is 5.02 Å². The van der Waals surface area contributed by atoms with Gasteiger partial charge in [0, 0.05) is 13.6 Å². The summed E-state index contributed by atoms with van der Waals surface area (Å²) in [6.07, 6.45) is 4.96. The van der Waals surface area contributed by atoms with Crippen LogP contribution in [0.2, 0.25) is 5.02 Å². The van der Waals surface area contributed by atoms with Crippen LogP contribution in [0.3, 0.4) is 0 Å². The SMILES string of the molecule is CNc1ccc(Cl)c(C(=O)NCC2CCCC(C)C2)n1. The number of aromatic nitrogens is 1. The second-order valence-corrected chi connectivity index (χ2v) is 6.03. The number of rotatable bonds is 4. The molecule has 20 heavy (non-hydrogen) atoms. The zero-order valence-corrected chi connectivity index (χ0v) is 12.8. The van der Waals surface area contributed by atoms with Crippen LogP contribution in [0.25, 0.3) is 0 Å².